The molecule has 0 spiro atoms. The Bertz CT molecular complexity index is 466. The summed E-state index contributed by atoms with van der Waals surface area (Å²) in [5.41, 5.74) is 6.38. The van der Waals surface area contributed by atoms with Gasteiger partial charge in [-0.3, -0.25) is 4.79 Å². The summed E-state index contributed by atoms with van der Waals surface area (Å²) in [5, 5.41) is 0.453. The van der Waals surface area contributed by atoms with E-state index < -0.39 is 6.04 Å². The smallest absolute Gasteiger partial charge is 0.224 e. The van der Waals surface area contributed by atoms with Gasteiger partial charge in [0.1, 0.15) is 5.82 Å². The Labute approximate surface area is 111 Å². The largest absolute Gasteiger partial charge is 0.334 e. The van der Waals surface area contributed by atoms with Gasteiger partial charge in [-0.2, -0.15) is 0 Å². The van der Waals surface area contributed by atoms with Gasteiger partial charge < -0.3 is 10.6 Å². The van der Waals surface area contributed by atoms with Gasteiger partial charge in [0, 0.05) is 29.6 Å². The fourth-order valence-corrected chi connectivity index (χ4v) is 2.64. The van der Waals surface area contributed by atoms with E-state index >= 15 is 0 Å². The average molecular weight is 271 g/mol. The van der Waals surface area contributed by atoms with Crippen LogP contribution in [0.15, 0.2) is 18.2 Å². The number of nitrogens with two attached hydrogens (primary N) is 1. The molecule has 2 rings (SSSR count). The maximum atomic E-state index is 13.9. The summed E-state index contributed by atoms with van der Waals surface area (Å²) in [7, 11) is 0. The summed E-state index contributed by atoms with van der Waals surface area (Å²) >= 11 is 5.89. The third-order valence-corrected chi connectivity index (χ3v) is 3.45. The van der Waals surface area contributed by atoms with E-state index in [9.17, 15) is 9.18 Å². The molecule has 1 aliphatic rings. The minimum absolute atomic E-state index is 0.0197. The molecule has 0 radical (unpaired) electrons. The zero-order valence-electron chi connectivity index (χ0n) is 10.2. The lowest BCUT2D eigenvalue weighted by atomic mass is 10.00. The van der Waals surface area contributed by atoms with Gasteiger partial charge in [0.2, 0.25) is 5.91 Å². The van der Waals surface area contributed by atoms with Crippen molar-refractivity contribution in [3.8, 4) is 0 Å². The van der Waals surface area contributed by atoms with Gasteiger partial charge >= 0.3 is 0 Å². The molecule has 1 amide bonds. The molecule has 5 heteroatoms. The molecule has 1 fully saturated rings. The molecular formula is C13H16ClFN2O. The summed E-state index contributed by atoms with van der Waals surface area (Å²) in [6.45, 7) is 2.56. The lowest BCUT2D eigenvalue weighted by molar-refractivity contribution is -0.129. The minimum Gasteiger partial charge on any atom is -0.334 e. The van der Waals surface area contributed by atoms with E-state index in [4.69, 9.17) is 17.3 Å². The zero-order valence-corrected chi connectivity index (χ0v) is 11.0. The molecule has 1 aromatic rings. The van der Waals surface area contributed by atoms with Gasteiger partial charge in [-0.05, 0) is 24.6 Å². The monoisotopic (exact) mass is 270 g/mol. The Morgan fingerprint density at radius 3 is 2.94 bits per heavy atom. The molecule has 18 heavy (non-hydrogen) atoms. The fraction of sp³-hybridized carbons (Fsp3) is 0.462. The van der Waals surface area contributed by atoms with Crippen molar-refractivity contribution >= 4 is 17.5 Å². The highest BCUT2D eigenvalue weighted by atomic mass is 35.5. The standard InChI is InChI=1S/C13H16ClFN2O/c1-2-5-17-12(18)7-11(16)13(17)9-6-8(14)3-4-10(9)15/h3-4,6,11,13H,2,5,7,16H2,1H3. The van der Waals surface area contributed by atoms with Crippen LogP contribution in [0.5, 0.6) is 0 Å². The molecule has 0 bridgehead atoms. The van der Waals surface area contributed by atoms with E-state index in [1.54, 1.807) is 11.0 Å². The number of hydrogen-bond donors (Lipinski definition) is 1. The maximum Gasteiger partial charge on any atom is 0.224 e. The lowest BCUT2D eigenvalue weighted by Crippen LogP contribution is -2.34. The van der Waals surface area contributed by atoms with Crippen LogP contribution in [0.4, 0.5) is 4.39 Å². The number of benzene rings is 1. The molecule has 2 atom stereocenters. The quantitative estimate of drug-likeness (QED) is 0.917. The molecule has 2 N–H and O–H groups in total. The van der Waals surface area contributed by atoms with Crippen molar-refractivity contribution in [2.75, 3.05) is 6.54 Å². The van der Waals surface area contributed by atoms with Gasteiger partial charge in [-0.15, -0.1) is 0 Å². The van der Waals surface area contributed by atoms with Crippen LogP contribution in [0.25, 0.3) is 0 Å². The molecule has 0 aliphatic carbocycles. The highest BCUT2D eigenvalue weighted by Crippen LogP contribution is 2.34. The van der Waals surface area contributed by atoms with Crippen molar-refractivity contribution in [3.05, 3.63) is 34.6 Å². The van der Waals surface area contributed by atoms with Crippen molar-refractivity contribution in [1.82, 2.24) is 4.90 Å². The van der Waals surface area contributed by atoms with Gasteiger partial charge in [0.15, 0.2) is 0 Å². The second-order valence-electron chi connectivity index (χ2n) is 4.57. The first-order valence-electron chi connectivity index (χ1n) is 6.04. The maximum absolute atomic E-state index is 13.9. The Morgan fingerprint density at radius 1 is 1.56 bits per heavy atom. The van der Waals surface area contributed by atoms with Crippen LogP contribution in [0, 0.1) is 5.82 Å². The molecule has 1 aromatic carbocycles. The average Bonchev–Trinajstić information content (AvgIpc) is 2.58. The number of halogens is 2. The lowest BCUT2D eigenvalue weighted by Gasteiger charge is -2.27. The van der Waals surface area contributed by atoms with Crippen molar-refractivity contribution in [2.24, 2.45) is 5.73 Å². The Morgan fingerprint density at radius 2 is 2.28 bits per heavy atom. The van der Waals surface area contributed by atoms with Gasteiger partial charge in [0.05, 0.1) is 6.04 Å². The summed E-state index contributed by atoms with van der Waals surface area (Å²) in [6, 6.07) is 3.58. The van der Waals surface area contributed by atoms with Gasteiger partial charge in [-0.1, -0.05) is 18.5 Å². The van der Waals surface area contributed by atoms with Crippen LogP contribution in [-0.2, 0) is 4.79 Å². The van der Waals surface area contributed by atoms with Crippen LogP contribution in [-0.4, -0.2) is 23.4 Å². The van der Waals surface area contributed by atoms with Crippen LogP contribution in [0.1, 0.15) is 31.4 Å². The first kappa shape index (κ1) is 13.3. The normalized spacial score (nSPS) is 23.8. The first-order valence-corrected chi connectivity index (χ1v) is 6.42. The van der Waals surface area contributed by atoms with E-state index in [0.29, 0.717) is 17.1 Å². The van der Waals surface area contributed by atoms with Crippen LogP contribution in [0.2, 0.25) is 5.02 Å². The molecule has 98 valence electrons. The molecule has 2 unspecified atom stereocenters. The molecule has 1 aliphatic heterocycles. The molecule has 1 heterocycles. The minimum atomic E-state index is -0.406. The summed E-state index contributed by atoms with van der Waals surface area (Å²) in [5.74, 6) is -0.385. The number of hydrogen-bond acceptors (Lipinski definition) is 2. The zero-order chi connectivity index (χ0) is 13.3. The summed E-state index contributed by atoms with van der Waals surface area (Å²) < 4.78 is 13.9. The van der Waals surface area contributed by atoms with E-state index in [1.807, 2.05) is 6.92 Å². The molecular weight excluding hydrogens is 255 g/mol. The van der Waals surface area contributed by atoms with Crippen molar-refractivity contribution < 1.29 is 9.18 Å². The summed E-state index contributed by atoms with van der Waals surface area (Å²) in [6.07, 6.45) is 1.08. The first-order chi connectivity index (χ1) is 8.54. The van der Waals surface area contributed by atoms with E-state index in [2.05, 4.69) is 0 Å². The fourth-order valence-electron chi connectivity index (χ4n) is 2.46. The van der Waals surface area contributed by atoms with Crippen molar-refractivity contribution in [1.29, 1.82) is 0 Å². The predicted molar refractivity (Wildman–Crippen MR) is 68.7 cm³/mol. The number of amides is 1. The third kappa shape index (κ3) is 2.35. The van der Waals surface area contributed by atoms with E-state index in [-0.39, 0.29) is 24.2 Å². The van der Waals surface area contributed by atoms with Gasteiger partial charge in [-0.25, -0.2) is 4.39 Å². The third-order valence-electron chi connectivity index (χ3n) is 3.21. The molecule has 0 aromatic heterocycles. The van der Waals surface area contributed by atoms with Crippen LogP contribution in [0.3, 0.4) is 0 Å². The van der Waals surface area contributed by atoms with E-state index in [0.717, 1.165) is 6.42 Å². The Balaban J connectivity index is 2.40. The van der Waals surface area contributed by atoms with Crippen LogP contribution >= 0.6 is 11.6 Å². The topological polar surface area (TPSA) is 46.3 Å². The Kier molecular flexibility index (Phi) is 3.88. The van der Waals surface area contributed by atoms with Crippen molar-refractivity contribution in [3.63, 3.8) is 0 Å². The SMILES string of the molecule is CCCN1C(=O)CC(N)C1c1cc(Cl)ccc1F. The molecule has 0 saturated carbocycles. The van der Waals surface area contributed by atoms with E-state index in [1.165, 1.54) is 12.1 Å². The highest BCUT2D eigenvalue weighted by Gasteiger charge is 2.39. The summed E-state index contributed by atoms with van der Waals surface area (Å²) in [4.78, 5) is 13.5. The number of carbonyl (C=O) groups is 1. The second-order valence-corrected chi connectivity index (χ2v) is 5.00. The number of nitrogens with zero attached hydrogens (tertiary/aromatic N) is 1. The number of likely N-dealkylation sites (tertiary alicyclic amines) is 1. The predicted octanol–water partition coefficient (Wildman–Crippen LogP) is 2.49. The van der Waals surface area contributed by atoms with Gasteiger partial charge in [0.25, 0.3) is 0 Å². The molecule has 3 nitrogen and oxygen atoms in total. The molecule has 1 saturated heterocycles. The second kappa shape index (κ2) is 5.24. The van der Waals surface area contributed by atoms with Crippen LogP contribution < -0.4 is 5.73 Å². The van der Waals surface area contributed by atoms with Crippen molar-refractivity contribution in [2.45, 2.75) is 31.8 Å². The Hall–Kier alpha value is -1.13. The number of carbonyl (C=O) groups excluding carboxylic acids is 1. The number of rotatable bonds is 3. The highest BCUT2D eigenvalue weighted by molar-refractivity contribution is 6.30.